The van der Waals surface area contributed by atoms with Crippen molar-refractivity contribution in [2.24, 2.45) is 0 Å². The quantitative estimate of drug-likeness (QED) is 0.737. The maximum Gasteiger partial charge on any atom is 0.185 e. The fourth-order valence-corrected chi connectivity index (χ4v) is 4.24. The monoisotopic (exact) mass is 365 g/mol. The van der Waals surface area contributed by atoms with E-state index in [1.807, 2.05) is 36.4 Å². The fourth-order valence-electron chi connectivity index (χ4n) is 3.38. The molecule has 0 radical (unpaired) electrons. The fraction of sp³-hybridized carbons (Fsp3) is 0.318. The number of nitrogens with zero attached hydrogens (tertiary/aromatic N) is 2. The molecule has 0 spiro atoms. The Kier molecular flexibility index (Phi) is 6.42. The van der Waals surface area contributed by atoms with Crippen molar-refractivity contribution in [3.63, 3.8) is 0 Å². The minimum Gasteiger partial charge on any atom is -0.354 e. The van der Waals surface area contributed by atoms with Crippen LogP contribution in [0.2, 0.25) is 0 Å². The third-order valence-electron chi connectivity index (χ3n) is 4.82. The van der Waals surface area contributed by atoms with E-state index in [9.17, 15) is 0 Å². The van der Waals surface area contributed by atoms with E-state index in [-0.39, 0.29) is 5.41 Å². The van der Waals surface area contributed by atoms with Gasteiger partial charge >= 0.3 is 0 Å². The molecule has 1 saturated heterocycles. The van der Waals surface area contributed by atoms with Crippen molar-refractivity contribution in [3.05, 3.63) is 83.4 Å². The van der Waals surface area contributed by atoms with E-state index in [0.29, 0.717) is 0 Å². The number of anilines is 1. The lowest BCUT2D eigenvalue weighted by Gasteiger charge is -2.37. The molecule has 0 unspecified atom stereocenters. The van der Waals surface area contributed by atoms with E-state index >= 15 is 0 Å². The molecule has 1 fully saturated rings. The average molecular weight is 366 g/mol. The van der Waals surface area contributed by atoms with Gasteiger partial charge in [-0.25, -0.2) is 4.98 Å². The Morgan fingerprint density at radius 1 is 0.885 bits per heavy atom. The molecule has 1 N–H and O–H groups in total. The largest absolute Gasteiger partial charge is 0.354 e. The summed E-state index contributed by atoms with van der Waals surface area (Å²) in [5.41, 5.74) is 2.72. The van der Waals surface area contributed by atoms with E-state index in [1.54, 1.807) is 11.3 Å². The second-order valence-electron chi connectivity index (χ2n) is 6.76. The summed E-state index contributed by atoms with van der Waals surface area (Å²) in [5, 5.41) is 6.81. The first kappa shape index (κ1) is 18.6. The Morgan fingerprint density at radius 2 is 1.42 bits per heavy atom. The normalized spacial score (nSPS) is 15.6. The summed E-state index contributed by atoms with van der Waals surface area (Å²) in [4.78, 5) is 6.99. The lowest BCUT2D eigenvalue weighted by Crippen LogP contribution is -2.41. The van der Waals surface area contributed by atoms with E-state index in [1.165, 1.54) is 11.3 Å². The zero-order valence-electron chi connectivity index (χ0n) is 15.6. The molecule has 3 nitrogen and oxygen atoms in total. The lowest BCUT2D eigenvalue weighted by molar-refractivity contribution is 0.356. The molecule has 4 heteroatoms. The second-order valence-corrected chi connectivity index (χ2v) is 7.60. The Balaban J connectivity index is 0.000000278. The van der Waals surface area contributed by atoms with Crippen LogP contribution >= 0.6 is 11.3 Å². The molecule has 1 aromatic heterocycles. The number of hydrogen-bond donors (Lipinski definition) is 1. The Hall–Kier alpha value is -2.17. The van der Waals surface area contributed by atoms with Crippen LogP contribution in [0, 0.1) is 0 Å². The van der Waals surface area contributed by atoms with E-state index < -0.39 is 0 Å². The summed E-state index contributed by atoms with van der Waals surface area (Å²) in [7, 11) is 4.11. The van der Waals surface area contributed by atoms with Crippen LogP contribution < -0.4 is 10.2 Å². The van der Waals surface area contributed by atoms with Gasteiger partial charge in [0.2, 0.25) is 0 Å². The van der Waals surface area contributed by atoms with Crippen LogP contribution in [0.1, 0.15) is 24.1 Å². The number of rotatable bonds is 3. The number of piperidine rings is 1. The molecule has 0 amide bonds. The van der Waals surface area contributed by atoms with Crippen LogP contribution in [0.3, 0.4) is 0 Å². The summed E-state index contributed by atoms with van der Waals surface area (Å²) in [6, 6.07) is 22.9. The molecule has 0 saturated carbocycles. The smallest absolute Gasteiger partial charge is 0.185 e. The molecule has 0 aliphatic carbocycles. The highest BCUT2D eigenvalue weighted by Gasteiger charge is 2.37. The highest BCUT2D eigenvalue weighted by molar-refractivity contribution is 7.13. The third-order valence-corrected chi connectivity index (χ3v) is 5.82. The third kappa shape index (κ3) is 4.32. The maximum absolute atomic E-state index is 4.90. The zero-order valence-corrected chi connectivity index (χ0v) is 16.4. The molecular formula is C22H27N3S. The first-order valence-electron chi connectivity index (χ1n) is 9.12. The summed E-state index contributed by atoms with van der Waals surface area (Å²) >= 11 is 1.74. The highest BCUT2D eigenvalue weighted by atomic mass is 32.1. The molecule has 0 bridgehead atoms. The number of hydrogen-bond acceptors (Lipinski definition) is 4. The number of aromatic nitrogens is 1. The molecule has 4 rings (SSSR count). The predicted molar refractivity (Wildman–Crippen MR) is 112 cm³/mol. The van der Waals surface area contributed by atoms with Crippen molar-refractivity contribution in [2.45, 2.75) is 18.3 Å². The van der Waals surface area contributed by atoms with Gasteiger partial charge in [0, 0.05) is 24.9 Å². The van der Waals surface area contributed by atoms with Gasteiger partial charge < -0.3 is 10.2 Å². The maximum atomic E-state index is 4.90. The van der Waals surface area contributed by atoms with Gasteiger partial charge in [-0.1, -0.05) is 66.7 Å². The molecule has 2 aromatic carbocycles. The van der Waals surface area contributed by atoms with Gasteiger partial charge in [-0.3, -0.25) is 0 Å². The summed E-state index contributed by atoms with van der Waals surface area (Å²) in [6.07, 6.45) is 2.24. The topological polar surface area (TPSA) is 28.2 Å². The van der Waals surface area contributed by atoms with Gasteiger partial charge in [0.05, 0.1) is 5.69 Å². The van der Waals surface area contributed by atoms with Crippen LogP contribution in [0.4, 0.5) is 5.13 Å². The van der Waals surface area contributed by atoms with Crippen molar-refractivity contribution < 1.29 is 0 Å². The highest BCUT2D eigenvalue weighted by Crippen LogP contribution is 2.41. The minimum absolute atomic E-state index is 0.0806. The Bertz CT molecular complexity index is 736. The molecular weight excluding hydrogens is 338 g/mol. The lowest BCUT2D eigenvalue weighted by atomic mass is 9.71. The second kappa shape index (κ2) is 8.97. The SMILES string of the molecule is CN(C)c1nc(C2(c3ccccc3)CCNCC2)cs1.c1ccccc1. The minimum atomic E-state index is 0.0806. The molecule has 1 aliphatic heterocycles. The van der Waals surface area contributed by atoms with Crippen molar-refractivity contribution in [2.75, 3.05) is 32.1 Å². The molecule has 136 valence electrons. The van der Waals surface area contributed by atoms with E-state index in [0.717, 1.165) is 31.1 Å². The molecule has 26 heavy (non-hydrogen) atoms. The predicted octanol–water partition coefficient (Wildman–Crippen LogP) is 4.57. The molecule has 1 aliphatic rings. The van der Waals surface area contributed by atoms with Crippen LogP contribution in [0.15, 0.2) is 72.1 Å². The number of nitrogens with one attached hydrogen (secondary N) is 1. The van der Waals surface area contributed by atoms with Crippen LogP contribution in [-0.4, -0.2) is 32.2 Å². The first-order valence-corrected chi connectivity index (χ1v) is 10.00. The Morgan fingerprint density at radius 3 is 1.92 bits per heavy atom. The van der Waals surface area contributed by atoms with E-state index in [2.05, 4.69) is 60.0 Å². The molecule has 0 atom stereocenters. The van der Waals surface area contributed by atoms with Crippen LogP contribution in [0.25, 0.3) is 0 Å². The molecule has 3 aromatic rings. The van der Waals surface area contributed by atoms with Crippen molar-refractivity contribution in [1.82, 2.24) is 10.3 Å². The standard InChI is InChI=1S/C16H21N3S.C6H6/c1-19(2)15-18-14(12-20-15)16(8-10-17-11-9-16)13-6-4-3-5-7-13;1-2-4-6-5-3-1/h3-7,12,17H,8-11H2,1-2H3;1-6H. The van der Waals surface area contributed by atoms with Crippen molar-refractivity contribution >= 4 is 16.5 Å². The average Bonchev–Trinajstić information content (AvgIpc) is 3.22. The van der Waals surface area contributed by atoms with E-state index in [4.69, 9.17) is 4.98 Å². The molecule has 2 heterocycles. The number of thiazole rings is 1. The first-order chi connectivity index (χ1) is 12.7. The van der Waals surface area contributed by atoms with Gasteiger partial charge in [0.15, 0.2) is 5.13 Å². The van der Waals surface area contributed by atoms with Crippen LogP contribution in [0.5, 0.6) is 0 Å². The summed E-state index contributed by atoms with van der Waals surface area (Å²) in [6.45, 7) is 2.12. The van der Waals surface area contributed by atoms with Gasteiger partial charge in [-0.2, -0.15) is 0 Å². The Labute approximate surface area is 160 Å². The van der Waals surface area contributed by atoms with Crippen molar-refractivity contribution in [3.8, 4) is 0 Å². The van der Waals surface area contributed by atoms with Gasteiger partial charge in [-0.15, -0.1) is 11.3 Å². The summed E-state index contributed by atoms with van der Waals surface area (Å²) in [5.74, 6) is 0. The van der Waals surface area contributed by atoms with Gasteiger partial charge in [0.1, 0.15) is 0 Å². The number of benzene rings is 2. The van der Waals surface area contributed by atoms with Gasteiger partial charge in [0.25, 0.3) is 0 Å². The van der Waals surface area contributed by atoms with Gasteiger partial charge in [-0.05, 0) is 31.5 Å². The summed E-state index contributed by atoms with van der Waals surface area (Å²) < 4.78 is 0. The van der Waals surface area contributed by atoms with Crippen LogP contribution in [-0.2, 0) is 5.41 Å². The van der Waals surface area contributed by atoms with Crippen molar-refractivity contribution in [1.29, 1.82) is 0 Å². The zero-order chi connectivity index (χ0) is 18.2.